The van der Waals surface area contributed by atoms with Gasteiger partial charge in [0, 0.05) is 6.54 Å². The summed E-state index contributed by atoms with van der Waals surface area (Å²) in [4.78, 5) is 13.7. The van der Waals surface area contributed by atoms with Crippen molar-refractivity contribution in [3.05, 3.63) is 0 Å². The third-order valence-electron chi connectivity index (χ3n) is 2.81. The van der Waals surface area contributed by atoms with Crippen molar-refractivity contribution >= 4 is 35.9 Å². The molecule has 16 heavy (non-hydrogen) atoms. The van der Waals surface area contributed by atoms with Gasteiger partial charge < -0.3 is 16.6 Å². The molecule has 5 N–H and O–H groups in total. The van der Waals surface area contributed by atoms with Crippen molar-refractivity contribution in [2.45, 2.75) is 30.6 Å². The van der Waals surface area contributed by atoms with Gasteiger partial charge in [0.25, 0.3) is 0 Å². The molecule has 0 bridgehead atoms. The van der Waals surface area contributed by atoms with Gasteiger partial charge in [-0.3, -0.25) is 9.79 Å². The Labute approximate surface area is 106 Å². The molecule has 5 nitrogen and oxygen atoms in total. The Bertz CT molecular complexity index is 272. The van der Waals surface area contributed by atoms with Crippen molar-refractivity contribution < 1.29 is 9.90 Å². The minimum Gasteiger partial charge on any atom is -0.480 e. The molecule has 0 aromatic rings. The predicted octanol–water partition coefficient (Wildman–Crippen LogP) is 0.934. The molecule has 0 aromatic carbocycles. The van der Waals surface area contributed by atoms with E-state index in [-0.39, 0.29) is 18.4 Å². The summed E-state index contributed by atoms with van der Waals surface area (Å²) in [6, 6.07) is 0. The van der Waals surface area contributed by atoms with E-state index >= 15 is 0 Å². The summed E-state index contributed by atoms with van der Waals surface area (Å²) >= 11 is 5.95. The Morgan fingerprint density at radius 1 is 1.44 bits per heavy atom. The highest BCUT2D eigenvalue weighted by Gasteiger charge is 2.39. The fourth-order valence-corrected chi connectivity index (χ4v) is 1.98. The van der Waals surface area contributed by atoms with Gasteiger partial charge in [0.1, 0.15) is 4.87 Å². The normalized spacial score (nSPS) is 28.9. The van der Waals surface area contributed by atoms with Crippen molar-refractivity contribution in [2.75, 3.05) is 6.54 Å². The van der Waals surface area contributed by atoms with Crippen LogP contribution < -0.4 is 11.5 Å². The van der Waals surface area contributed by atoms with Crippen molar-refractivity contribution in [2.24, 2.45) is 22.4 Å². The van der Waals surface area contributed by atoms with Gasteiger partial charge in [-0.15, -0.1) is 24.0 Å². The van der Waals surface area contributed by atoms with Gasteiger partial charge >= 0.3 is 5.97 Å². The highest BCUT2D eigenvalue weighted by Crippen LogP contribution is 2.37. The summed E-state index contributed by atoms with van der Waals surface area (Å²) in [7, 11) is 0. The third kappa shape index (κ3) is 4.06. The highest BCUT2D eigenvalue weighted by atomic mass is 35.5. The fraction of sp³-hybridized carbons (Fsp3) is 0.778. The summed E-state index contributed by atoms with van der Waals surface area (Å²) in [5.74, 6) is -0.501. The van der Waals surface area contributed by atoms with Crippen LogP contribution in [-0.4, -0.2) is 28.5 Å². The Morgan fingerprint density at radius 3 is 2.31 bits per heavy atom. The Morgan fingerprint density at radius 2 is 1.94 bits per heavy atom. The first-order valence-electron chi connectivity index (χ1n) is 4.92. The molecule has 1 rings (SSSR count). The molecule has 0 heterocycles. The van der Waals surface area contributed by atoms with E-state index in [0.29, 0.717) is 25.3 Å². The van der Waals surface area contributed by atoms with E-state index < -0.39 is 10.8 Å². The molecule has 0 saturated heterocycles. The lowest BCUT2D eigenvalue weighted by Gasteiger charge is -2.31. The van der Waals surface area contributed by atoms with E-state index in [0.717, 1.165) is 12.8 Å². The molecule has 0 unspecified atom stereocenters. The van der Waals surface area contributed by atoms with Crippen LogP contribution in [-0.2, 0) is 4.79 Å². The average molecular weight is 270 g/mol. The first-order chi connectivity index (χ1) is 6.94. The Balaban J connectivity index is 0.00000225. The fourth-order valence-electron chi connectivity index (χ4n) is 1.77. The van der Waals surface area contributed by atoms with Gasteiger partial charge in [0.15, 0.2) is 5.96 Å². The van der Waals surface area contributed by atoms with Crippen LogP contribution in [0.3, 0.4) is 0 Å². The number of hydrogen-bond donors (Lipinski definition) is 3. The number of guanidine groups is 1. The van der Waals surface area contributed by atoms with E-state index in [1.165, 1.54) is 0 Å². The number of halogens is 2. The van der Waals surface area contributed by atoms with Crippen LogP contribution in [0.4, 0.5) is 0 Å². The molecule has 1 aliphatic carbocycles. The molecule has 7 heteroatoms. The van der Waals surface area contributed by atoms with Crippen molar-refractivity contribution in [1.82, 2.24) is 0 Å². The van der Waals surface area contributed by atoms with Crippen LogP contribution in [0.1, 0.15) is 25.7 Å². The largest absolute Gasteiger partial charge is 0.480 e. The second-order valence-corrected chi connectivity index (χ2v) is 4.70. The van der Waals surface area contributed by atoms with Crippen LogP contribution >= 0.6 is 24.0 Å². The molecule has 0 atom stereocenters. The molecule has 0 radical (unpaired) electrons. The Kier molecular flexibility index (Phi) is 5.89. The van der Waals surface area contributed by atoms with Gasteiger partial charge in [-0.2, -0.15) is 0 Å². The molecule has 1 fully saturated rings. The second-order valence-electron chi connectivity index (χ2n) is 3.98. The average Bonchev–Trinajstić information content (AvgIpc) is 2.16. The number of nitrogens with two attached hydrogens (primary N) is 2. The molecule has 0 amide bonds. The summed E-state index contributed by atoms with van der Waals surface area (Å²) in [6.07, 6.45) is 2.47. The maximum Gasteiger partial charge on any atom is 0.324 e. The lowest BCUT2D eigenvalue weighted by Crippen LogP contribution is -2.37. The maximum absolute atomic E-state index is 10.8. The van der Waals surface area contributed by atoms with Crippen molar-refractivity contribution in [1.29, 1.82) is 0 Å². The molecule has 1 saturated carbocycles. The van der Waals surface area contributed by atoms with Crippen molar-refractivity contribution in [3.63, 3.8) is 0 Å². The number of aliphatic carboxylic acids is 1. The van der Waals surface area contributed by atoms with Gasteiger partial charge in [0.2, 0.25) is 0 Å². The van der Waals surface area contributed by atoms with Crippen LogP contribution in [0, 0.1) is 5.92 Å². The topological polar surface area (TPSA) is 102 Å². The van der Waals surface area contributed by atoms with Crippen LogP contribution in [0.15, 0.2) is 4.99 Å². The molecule has 1 aliphatic rings. The number of carboxylic acids is 1. The summed E-state index contributed by atoms with van der Waals surface area (Å²) in [5, 5.41) is 8.90. The van der Waals surface area contributed by atoms with Gasteiger partial charge in [-0.25, -0.2) is 0 Å². The molecule has 0 aromatic heterocycles. The molecule has 0 spiro atoms. The Hall–Kier alpha value is -0.680. The zero-order valence-corrected chi connectivity index (χ0v) is 10.4. The monoisotopic (exact) mass is 269 g/mol. The molecular formula is C9H17Cl2N3O2. The SMILES string of the molecule is Cl.NC(N)=NCC1CCC(Cl)(C(=O)O)CC1. The number of rotatable bonds is 3. The highest BCUT2D eigenvalue weighted by molar-refractivity contribution is 6.33. The van der Waals surface area contributed by atoms with E-state index in [2.05, 4.69) is 4.99 Å². The van der Waals surface area contributed by atoms with Gasteiger partial charge in [-0.1, -0.05) is 0 Å². The third-order valence-corrected chi connectivity index (χ3v) is 3.35. The number of carbonyl (C=O) groups is 1. The minimum absolute atomic E-state index is 0. The first-order valence-corrected chi connectivity index (χ1v) is 5.29. The quantitative estimate of drug-likeness (QED) is 0.403. The number of nitrogens with zero attached hydrogens (tertiary/aromatic N) is 1. The predicted molar refractivity (Wildman–Crippen MR) is 66.1 cm³/mol. The lowest BCUT2D eigenvalue weighted by molar-refractivity contribution is -0.141. The second kappa shape index (κ2) is 6.15. The van der Waals surface area contributed by atoms with E-state index in [1.807, 2.05) is 0 Å². The van der Waals surface area contributed by atoms with Crippen molar-refractivity contribution in [3.8, 4) is 0 Å². The number of hydrogen-bond acceptors (Lipinski definition) is 2. The van der Waals surface area contributed by atoms with E-state index in [1.54, 1.807) is 0 Å². The number of carboxylic acid groups (broad SMARTS) is 1. The maximum atomic E-state index is 10.8. The molecule has 0 aliphatic heterocycles. The summed E-state index contributed by atoms with van der Waals surface area (Å²) < 4.78 is 0. The first kappa shape index (κ1) is 15.3. The lowest BCUT2D eigenvalue weighted by atomic mass is 9.81. The molecular weight excluding hydrogens is 253 g/mol. The summed E-state index contributed by atoms with van der Waals surface area (Å²) in [6.45, 7) is 0.564. The van der Waals surface area contributed by atoms with E-state index in [9.17, 15) is 4.79 Å². The van der Waals surface area contributed by atoms with Gasteiger partial charge in [-0.05, 0) is 31.6 Å². The van der Waals surface area contributed by atoms with E-state index in [4.69, 9.17) is 28.2 Å². The van der Waals surface area contributed by atoms with Crippen LogP contribution in [0.25, 0.3) is 0 Å². The van der Waals surface area contributed by atoms with Crippen LogP contribution in [0.2, 0.25) is 0 Å². The smallest absolute Gasteiger partial charge is 0.324 e. The standard InChI is InChI=1S/C9H16ClN3O2.ClH/c10-9(7(14)15)3-1-6(2-4-9)5-13-8(11)12;/h6H,1-5H2,(H,14,15)(H4,11,12,13);1H. The molecule has 94 valence electrons. The zero-order valence-electron chi connectivity index (χ0n) is 8.86. The number of alkyl halides is 1. The zero-order chi connectivity index (χ0) is 11.5. The summed E-state index contributed by atoms with van der Waals surface area (Å²) in [5.41, 5.74) is 10.4. The van der Waals surface area contributed by atoms with Gasteiger partial charge in [0.05, 0.1) is 0 Å². The minimum atomic E-state index is -1.07. The van der Waals surface area contributed by atoms with Crippen LogP contribution in [0.5, 0.6) is 0 Å². The number of aliphatic imine (C=N–C) groups is 1.